The lowest BCUT2D eigenvalue weighted by Gasteiger charge is -2.37. The Morgan fingerprint density at radius 1 is 1.07 bits per heavy atom. The molecule has 7 nitrogen and oxygen atoms in total. The summed E-state index contributed by atoms with van der Waals surface area (Å²) in [4.78, 5) is 16.3. The van der Waals surface area contributed by atoms with E-state index >= 15 is 0 Å². The molecule has 27 heavy (non-hydrogen) atoms. The molecular weight excluding hydrogens is 340 g/mol. The highest BCUT2D eigenvalue weighted by Crippen LogP contribution is 2.31. The number of nitrogens with zero attached hydrogens (tertiary/aromatic N) is 5. The molecule has 0 amide bonds. The normalized spacial score (nSPS) is 17.1. The lowest BCUT2D eigenvalue weighted by molar-refractivity contribution is 0.311. The highest BCUT2D eigenvalue weighted by molar-refractivity contribution is 5.57. The third kappa shape index (κ3) is 4.24. The molecule has 0 spiro atoms. The topological polar surface area (TPSA) is 67.8 Å². The van der Waals surface area contributed by atoms with E-state index in [2.05, 4.69) is 68.4 Å². The predicted molar refractivity (Wildman–Crippen MR) is 110 cm³/mol. The maximum Gasteiger partial charge on any atom is 0.226 e. The van der Waals surface area contributed by atoms with Gasteiger partial charge < -0.3 is 25.1 Å². The Kier molecular flexibility index (Phi) is 5.29. The molecule has 1 aromatic carbocycles. The SMILES string of the molecule is CN(c1cc(N2CCN(c3ccccc3)CC2)nc(NCCO)n1)C1CC1. The highest BCUT2D eigenvalue weighted by atomic mass is 16.3. The van der Waals surface area contributed by atoms with Gasteiger partial charge in [0.05, 0.1) is 6.61 Å². The summed E-state index contributed by atoms with van der Waals surface area (Å²) in [7, 11) is 2.10. The molecule has 0 radical (unpaired) electrons. The van der Waals surface area contributed by atoms with Crippen molar-refractivity contribution in [3.8, 4) is 0 Å². The minimum Gasteiger partial charge on any atom is -0.395 e. The monoisotopic (exact) mass is 368 g/mol. The largest absolute Gasteiger partial charge is 0.395 e. The van der Waals surface area contributed by atoms with Crippen LogP contribution >= 0.6 is 0 Å². The number of aliphatic hydroxyl groups is 1. The van der Waals surface area contributed by atoms with Gasteiger partial charge in [-0.05, 0) is 25.0 Å². The van der Waals surface area contributed by atoms with Gasteiger partial charge >= 0.3 is 0 Å². The number of piperazine rings is 1. The third-order valence-corrected chi connectivity index (χ3v) is 5.27. The number of benzene rings is 1. The second-order valence-corrected chi connectivity index (χ2v) is 7.21. The number of anilines is 4. The van der Waals surface area contributed by atoms with E-state index in [0.29, 0.717) is 18.5 Å². The summed E-state index contributed by atoms with van der Waals surface area (Å²) in [6, 6.07) is 13.3. The van der Waals surface area contributed by atoms with Crippen molar-refractivity contribution in [2.24, 2.45) is 0 Å². The Balaban J connectivity index is 1.49. The zero-order valence-electron chi connectivity index (χ0n) is 15.9. The van der Waals surface area contributed by atoms with E-state index in [-0.39, 0.29) is 6.61 Å². The molecular formula is C20H28N6O. The standard InChI is InChI=1S/C20H28N6O/c1-24(16-7-8-16)18-15-19(23-20(22-18)21-9-14-27)26-12-10-25(11-13-26)17-5-3-2-4-6-17/h2-6,15-16,27H,7-14H2,1H3,(H,21,22,23). The van der Waals surface area contributed by atoms with Crippen LogP contribution < -0.4 is 20.0 Å². The van der Waals surface area contributed by atoms with Gasteiger partial charge in [0.2, 0.25) is 5.95 Å². The third-order valence-electron chi connectivity index (χ3n) is 5.27. The van der Waals surface area contributed by atoms with Crippen molar-refractivity contribution < 1.29 is 5.11 Å². The second-order valence-electron chi connectivity index (χ2n) is 7.21. The molecule has 1 aliphatic heterocycles. The summed E-state index contributed by atoms with van der Waals surface area (Å²) < 4.78 is 0. The smallest absolute Gasteiger partial charge is 0.226 e. The number of hydrogen-bond donors (Lipinski definition) is 2. The molecule has 2 N–H and O–H groups in total. The van der Waals surface area contributed by atoms with Gasteiger partial charge in [-0.15, -0.1) is 0 Å². The first-order valence-electron chi connectivity index (χ1n) is 9.76. The van der Waals surface area contributed by atoms with E-state index < -0.39 is 0 Å². The Morgan fingerprint density at radius 2 is 1.78 bits per heavy atom. The minimum atomic E-state index is 0.0666. The molecule has 4 rings (SSSR count). The number of hydrogen-bond acceptors (Lipinski definition) is 7. The molecule has 1 saturated heterocycles. The Labute approximate surface area is 160 Å². The number of aliphatic hydroxyl groups excluding tert-OH is 1. The van der Waals surface area contributed by atoms with Crippen LogP contribution in [0, 0.1) is 0 Å². The zero-order valence-corrected chi connectivity index (χ0v) is 15.9. The van der Waals surface area contributed by atoms with Gasteiger partial charge in [0.25, 0.3) is 0 Å². The average Bonchev–Trinajstić information content (AvgIpc) is 3.58. The molecule has 7 heteroatoms. The molecule has 0 bridgehead atoms. The number of nitrogens with one attached hydrogen (secondary N) is 1. The number of para-hydroxylation sites is 1. The first kappa shape index (κ1) is 17.9. The number of aromatic nitrogens is 2. The van der Waals surface area contributed by atoms with Crippen LogP contribution in [0.4, 0.5) is 23.3 Å². The summed E-state index contributed by atoms with van der Waals surface area (Å²) in [5.74, 6) is 2.50. The van der Waals surface area contributed by atoms with Crippen molar-refractivity contribution in [1.82, 2.24) is 9.97 Å². The van der Waals surface area contributed by atoms with Crippen LogP contribution in [-0.2, 0) is 0 Å². The van der Waals surface area contributed by atoms with Gasteiger partial charge in [-0.3, -0.25) is 0 Å². The Bertz CT molecular complexity index is 743. The fourth-order valence-corrected chi connectivity index (χ4v) is 3.49. The van der Waals surface area contributed by atoms with Crippen LogP contribution in [0.1, 0.15) is 12.8 Å². The van der Waals surface area contributed by atoms with Gasteiger partial charge in [0, 0.05) is 57.6 Å². The van der Waals surface area contributed by atoms with E-state index in [1.165, 1.54) is 18.5 Å². The van der Waals surface area contributed by atoms with Crippen molar-refractivity contribution >= 4 is 23.3 Å². The van der Waals surface area contributed by atoms with Crippen molar-refractivity contribution in [2.75, 3.05) is 66.4 Å². The van der Waals surface area contributed by atoms with Crippen LogP contribution in [0.5, 0.6) is 0 Å². The van der Waals surface area contributed by atoms with Crippen LogP contribution in [0.2, 0.25) is 0 Å². The highest BCUT2D eigenvalue weighted by Gasteiger charge is 2.28. The first-order valence-corrected chi connectivity index (χ1v) is 9.76. The minimum absolute atomic E-state index is 0.0666. The van der Waals surface area contributed by atoms with E-state index in [0.717, 1.165) is 37.8 Å². The predicted octanol–water partition coefficient (Wildman–Crippen LogP) is 1.81. The van der Waals surface area contributed by atoms with Gasteiger partial charge in [0.1, 0.15) is 11.6 Å². The van der Waals surface area contributed by atoms with Gasteiger partial charge in [0.15, 0.2) is 0 Å². The lowest BCUT2D eigenvalue weighted by Crippen LogP contribution is -2.47. The quantitative estimate of drug-likeness (QED) is 0.772. The summed E-state index contributed by atoms with van der Waals surface area (Å²) in [5.41, 5.74) is 1.28. The average molecular weight is 368 g/mol. The summed E-state index contributed by atoms with van der Waals surface area (Å²) >= 11 is 0. The molecule has 2 heterocycles. The van der Waals surface area contributed by atoms with E-state index in [9.17, 15) is 0 Å². The summed E-state index contributed by atoms with van der Waals surface area (Å²) in [5, 5.41) is 12.2. The first-order chi connectivity index (χ1) is 13.2. The number of rotatable bonds is 7. The lowest BCUT2D eigenvalue weighted by atomic mass is 10.2. The maximum absolute atomic E-state index is 9.12. The molecule has 2 fully saturated rings. The van der Waals surface area contributed by atoms with Crippen molar-refractivity contribution in [2.45, 2.75) is 18.9 Å². The van der Waals surface area contributed by atoms with E-state index in [1.54, 1.807) is 0 Å². The molecule has 2 aliphatic rings. The van der Waals surface area contributed by atoms with Gasteiger partial charge in [-0.25, -0.2) is 0 Å². The Morgan fingerprint density at radius 3 is 2.44 bits per heavy atom. The Hall–Kier alpha value is -2.54. The molecule has 0 atom stereocenters. The molecule has 1 aromatic heterocycles. The van der Waals surface area contributed by atoms with Crippen LogP contribution in [0.3, 0.4) is 0 Å². The van der Waals surface area contributed by atoms with Crippen LogP contribution in [0.15, 0.2) is 36.4 Å². The molecule has 2 aromatic rings. The van der Waals surface area contributed by atoms with Crippen LogP contribution in [0.25, 0.3) is 0 Å². The van der Waals surface area contributed by atoms with Gasteiger partial charge in [-0.2, -0.15) is 9.97 Å². The molecule has 1 saturated carbocycles. The van der Waals surface area contributed by atoms with Crippen LogP contribution in [-0.4, -0.2) is 67.5 Å². The van der Waals surface area contributed by atoms with Crippen molar-refractivity contribution in [3.63, 3.8) is 0 Å². The molecule has 0 unspecified atom stereocenters. The molecule has 144 valence electrons. The van der Waals surface area contributed by atoms with Crippen molar-refractivity contribution in [3.05, 3.63) is 36.4 Å². The fourth-order valence-electron chi connectivity index (χ4n) is 3.49. The second kappa shape index (κ2) is 8.00. The van der Waals surface area contributed by atoms with Crippen molar-refractivity contribution in [1.29, 1.82) is 0 Å². The summed E-state index contributed by atoms with van der Waals surface area (Å²) in [6.45, 7) is 4.33. The van der Waals surface area contributed by atoms with E-state index in [1.807, 2.05) is 0 Å². The molecule has 1 aliphatic carbocycles. The van der Waals surface area contributed by atoms with Gasteiger partial charge in [-0.1, -0.05) is 18.2 Å². The maximum atomic E-state index is 9.12. The summed E-state index contributed by atoms with van der Waals surface area (Å²) in [6.07, 6.45) is 2.45. The zero-order chi connectivity index (χ0) is 18.6. The van der Waals surface area contributed by atoms with E-state index in [4.69, 9.17) is 10.1 Å². The fraction of sp³-hybridized carbons (Fsp3) is 0.500.